The van der Waals surface area contributed by atoms with Gasteiger partial charge < -0.3 is 24.6 Å². The Kier molecular flexibility index (Phi) is 4.47. The van der Waals surface area contributed by atoms with Crippen LogP contribution in [0.2, 0.25) is 0 Å². The van der Waals surface area contributed by atoms with Crippen molar-refractivity contribution < 1.29 is 32.2 Å². The van der Waals surface area contributed by atoms with Crippen LogP contribution >= 0.6 is 0 Å². The Morgan fingerprint density at radius 3 is 2.27 bits per heavy atom. The molecule has 0 unspecified atom stereocenters. The number of ether oxygens (including phenoxy) is 2. The fourth-order valence-electron chi connectivity index (χ4n) is 5.43. The largest absolute Gasteiger partial charge is 0.449 e. The molecule has 2 aliphatic carbocycles. The second kappa shape index (κ2) is 6.64. The Bertz CT molecular complexity index is 717. The molecule has 10 heteroatoms. The Hall–Kier alpha value is -1.71. The molecule has 5 rings (SSSR count). The maximum atomic E-state index is 13.0. The summed E-state index contributed by atoms with van der Waals surface area (Å²) < 4.78 is 49.7. The maximum absolute atomic E-state index is 13.0. The normalized spacial score (nSPS) is 29.1. The van der Waals surface area contributed by atoms with Crippen LogP contribution in [-0.4, -0.2) is 79.1 Å². The van der Waals surface area contributed by atoms with Gasteiger partial charge in [-0.3, -0.25) is 0 Å². The van der Waals surface area contributed by atoms with E-state index in [0.29, 0.717) is 39.2 Å². The zero-order valence-electron chi connectivity index (χ0n) is 16.9. The predicted molar refractivity (Wildman–Crippen MR) is 98.7 cm³/mol. The molecule has 3 aliphatic heterocycles. The summed E-state index contributed by atoms with van der Waals surface area (Å²) in [6.07, 6.45) is -0.327. The topological polar surface area (TPSA) is 71.1 Å². The Morgan fingerprint density at radius 1 is 1.07 bits per heavy atom. The second-order valence-electron chi connectivity index (χ2n) is 10.1. The zero-order chi connectivity index (χ0) is 21.2. The van der Waals surface area contributed by atoms with Crippen LogP contribution in [0.15, 0.2) is 0 Å². The van der Waals surface area contributed by atoms with E-state index < -0.39 is 17.7 Å². The van der Waals surface area contributed by atoms with Gasteiger partial charge in [0.05, 0.1) is 30.3 Å². The van der Waals surface area contributed by atoms with Gasteiger partial charge in [-0.25, -0.2) is 9.59 Å². The lowest BCUT2D eigenvalue weighted by atomic mass is 9.68. The number of rotatable bonds is 3. The number of nitrogens with one attached hydrogen (secondary N) is 1. The first-order valence-corrected chi connectivity index (χ1v) is 10.8. The number of hydrogen-bond donors (Lipinski definition) is 1. The number of amides is 3. The van der Waals surface area contributed by atoms with Crippen molar-refractivity contribution in [1.82, 2.24) is 15.1 Å². The lowest BCUT2D eigenvalue weighted by Gasteiger charge is -2.57. The lowest BCUT2D eigenvalue weighted by Crippen LogP contribution is -2.75. The third-order valence-electron chi connectivity index (χ3n) is 7.81. The van der Waals surface area contributed by atoms with E-state index in [2.05, 4.69) is 5.32 Å². The van der Waals surface area contributed by atoms with Crippen LogP contribution in [0, 0.1) is 10.8 Å². The zero-order valence-corrected chi connectivity index (χ0v) is 16.9. The van der Waals surface area contributed by atoms with Crippen LogP contribution < -0.4 is 5.32 Å². The van der Waals surface area contributed by atoms with E-state index in [4.69, 9.17) is 9.47 Å². The van der Waals surface area contributed by atoms with E-state index in [-0.39, 0.29) is 42.5 Å². The molecule has 2 spiro atoms. The van der Waals surface area contributed by atoms with Crippen LogP contribution in [-0.2, 0) is 9.47 Å². The molecule has 0 bridgehead atoms. The van der Waals surface area contributed by atoms with Crippen LogP contribution in [0.4, 0.5) is 22.8 Å². The van der Waals surface area contributed by atoms with Crippen molar-refractivity contribution in [3.05, 3.63) is 0 Å². The molecule has 0 aromatic heterocycles. The van der Waals surface area contributed by atoms with Gasteiger partial charge in [-0.1, -0.05) is 0 Å². The number of carbonyl (C=O) groups is 2. The van der Waals surface area contributed by atoms with Gasteiger partial charge >= 0.3 is 18.3 Å². The highest BCUT2D eigenvalue weighted by atomic mass is 19.4. The van der Waals surface area contributed by atoms with Gasteiger partial charge in [-0.05, 0) is 38.5 Å². The average molecular weight is 431 g/mol. The molecule has 7 nitrogen and oxygen atoms in total. The number of hydrogen-bond acceptors (Lipinski definition) is 4. The van der Waals surface area contributed by atoms with Crippen molar-refractivity contribution >= 4 is 12.1 Å². The van der Waals surface area contributed by atoms with Crippen molar-refractivity contribution in [1.29, 1.82) is 0 Å². The number of cyclic esters (lactones) is 1. The highest BCUT2D eigenvalue weighted by Gasteiger charge is 2.63. The molecule has 0 aromatic carbocycles. The van der Waals surface area contributed by atoms with Crippen molar-refractivity contribution in [3.8, 4) is 0 Å². The SMILES string of the molecule is O=C1NC2(CCO1)CN(C(=O)N1CC3(CCC(OCC4(C(F)(F)F)CC4)CC3)C1)C2. The van der Waals surface area contributed by atoms with Crippen LogP contribution in [0.1, 0.15) is 44.9 Å². The molecule has 0 aromatic rings. The molecule has 0 radical (unpaired) electrons. The highest BCUT2D eigenvalue weighted by Crippen LogP contribution is 2.58. The summed E-state index contributed by atoms with van der Waals surface area (Å²) in [5, 5.41) is 2.83. The molecule has 5 fully saturated rings. The Morgan fingerprint density at radius 2 is 1.70 bits per heavy atom. The van der Waals surface area contributed by atoms with E-state index in [1.165, 1.54) is 0 Å². The summed E-state index contributed by atoms with van der Waals surface area (Å²) in [6.45, 7) is 2.60. The Balaban J connectivity index is 1.04. The number of nitrogens with zero attached hydrogens (tertiary/aromatic N) is 2. The van der Waals surface area contributed by atoms with Gasteiger partial charge in [-0.15, -0.1) is 0 Å². The summed E-state index contributed by atoms with van der Waals surface area (Å²) in [4.78, 5) is 27.7. The Labute approximate surface area is 173 Å². The third-order valence-corrected chi connectivity index (χ3v) is 7.81. The van der Waals surface area contributed by atoms with Crippen molar-refractivity contribution in [3.63, 3.8) is 0 Å². The van der Waals surface area contributed by atoms with Gasteiger partial charge in [0.1, 0.15) is 0 Å². The standard InChI is InChI=1S/C20H28F3N3O4/c21-20(22,23)18(5-6-18)13-30-14-1-3-17(4-2-14)9-25(10-17)16(28)26-11-19(12-26)7-8-29-15(27)24-19/h14H,1-13H2,(H,24,27). The van der Waals surface area contributed by atoms with Gasteiger partial charge in [0.15, 0.2) is 0 Å². The van der Waals surface area contributed by atoms with Crippen molar-refractivity contribution in [2.45, 2.75) is 62.8 Å². The van der Waals surface area contributed by atoms with Crippen LogP contribution in [0.5, 0.6) is 0 Å². The fourth-order valence-corrected chi connectivity index (χ4v) is 5.43. The summed E-state index contributed by atoms with van der Waals surface area (Å²) in [7, 11) is 0. The van der Waals surface area contributed by atoms with Crippen LogP contribution in [0.25, 0.3) is 0 Å². The summed E-state index contributed by atoms with van der Waals surface area (Å²) in [6, 6.07) is 0.00576. The third kappa shape index (κ3) is 3.40. The molecule has 2 saturated carbocycles. The molecule has 30 heavy (non-hydrogen) atoms. The molecular weight excluding hydrogens is 403 g/mol. The number of halogens is 3. The fraction of sp³-hybridized carbons (Fsp3) is 0.900. The first-order valence-electron chi connectivity index (χ1n) is 10.8. The van der Waals surface area contributed by atoms with Gasteiger partial charge in [0.2, 0.25) is 0 Å². The van der Waals surface area contributed by atoms with E-state index in [1.54, 1.807) is 4.90 Å². The highest BCUT2D eigenvalue weighted by molar-refractivity contribution is 5.78. The molecule has 0 atom stereocenters. The van der Waals surface area contributed by atoms with E-state index in [0.717, 1.165) is 25.7 Å². The molecule has 3 saturated heterocycles. The monoisotopic (exact) mass is 431 g/mol. The number of alkyl halides is 3. The minimum absolute atomic E-state index is 0.00576. The summed E-state index contributed by atoms with van der Waals surface area (Å²) in [5.41, 5.74) is -1.84. The van der Waals surface area contributed by atoms with E-state index in [1.807, 2.05) is 4.90 Å². The number of alkyl carbamates (subject to hydrolysis) is 1. The minimum atomic E-state index is -4.17. The predicted octanol–water partition coefficient (Wildman–Crippen LogP) is 2.89. The molecule has 168 valence electrons. The second-order valence-corrected chi connectivity index (χ2v) is 10.1. The van der Waals surface area contributed by atoms with Crippen molar-refractivity contribution in [2.75, 3.05) is 39.4 Å². The smallest absolute Gasteiger partial charge is 0.407 e. The molecule has 3 heterocycles. The lowest BCUT2D eigenvalue weighted by molar-refractivity contribution is -0.208. The van der Waals surface area contributed by atoms with E-state index >= 15 is 0 Å². The first-order chi connectivity index (χ1) is 14.1. The maximum Gasteiger partial charge on any atom is 0.407 e. The first kappa shape index (κ1) is 20.2. The summed E-state index contributed by atoms with van der Waals surface area (Å²) >= 11 is 0. The minimum Gasteiger partial charge on any atom is -0.449 e. The number of carbonyl (C=O) groups excluding carboxylic acids is 2. The van der Waals surface area contributed by atoms with E-state index in [9.17, 15) is 22.8 Å². The van der Waals surface area contributed by atoms with Crippen LogP contribution in [0.3, 0.4) is 0 Å². The number of urea groups is 1. The quantitative estimate of drug-likeness (QED) is 0.746. The van der Waals surface area contributed by atoms with Gasteiger partial charge in [0, 0.05) is 38.0 Å². The molecule has 5 aliphatic rings. The number of likely N-dealkylation sites (tertiary alicyclic amines) is 2. The molecule has 3 amide bonds. The average Bonchev–Trinajstić information content (AvgIpc) is 3.44. The van der Waals surface area contributed by atoms with Crippen molar-refractivity contribution in [2.24, 2.45) is 10.8 Å². The molecular formula is C20H28F3N3O4. The molecule has 1 N–H and O–H groups in total. The van der Waals surface area contributed by atoms with Gasteiger partial charge in [0.25, 0.3) is 0 Å². The van der Waals surface area contributed by atoms with Gasteiger partial charge in [-0.2, -0.15) is 13.2 Å². The summed E-state index contributed by atoms with van der Waals surface area (Å²) in [5.74, 6) is 0.